The average Bonchev–Trinajstić information content (AvgIpc) is 2.75. The molecule has 1 aromatic heterocycles. The molecule has 1 unspecified atom stereocenters. The van der Waals surface area contributed by atoms with Crippen molar-refractivity contribution in [3.63, 3.8) is 0 Å². The van der Waals surface area contributed by atoms with Crippen LogP contribution in [0.25, 0.3) is 22.2 Å². The first-order valence-corrected chi connectivity index (χ1v) is 10.2. The van der Waals surface area contributed by atoms with Gasteiger partial charge in [-0.3, -0.25) is 0 Å². The standard InChI is InChI=1S/C24H32N4O/c1-28(2)16-14-19(25)7-6-15-26-24-17-23(18-10-12-20(29-3)13-11-18)27-22-9-5-4-8-21(22)24/h4-5,8-13,17,19H,6-7,14-16,25H2,1-3H3,(H,26,27). The van der Waals surface area contributed by atoms with Crippen LogP contribution in [0.3, 0.4) is 0 Å². The van der Waals surface area contributed by atoms with Crippen LogP contribution in [0.2, 0.25) is 0 Å². The number of nitrogens with one attached hydrogen (secondary N) is 1. The van der Waals surface area contributed by atoms with Gasteiger partial charge in [0.15, 0.2) is 0 Å². The zero-order chi connectivity index (χ0) is 20.6. The maximum absolute atomic E-state index is 6.24. The van der Waals surface area contributed by atoms with Crippen molar-refractivity contribution >= 4 is 16.6 Å². The molecule has 3 N–H and O–H groups in total. The number of fused-ring (bicyclic) bond motifs is 1. The zero-order valence-electron chi connectivity index (χ0n) is 17.7. The van der Waals surface area contributed by atoms with Crippen LogP contribution in [0.4, 0.5) is 5.69 Å². The quantitative estimate of drug-likeness (QED) is 0.501. The molecule has 0 spiro atoms. The molecule has 154 valence electrons. The number of anilines is 1. The van der Waals surface area contributed by atoms with E-state index in [1.165, 1.54) is 0 Å². The van der Waals surface area contributed by atoms with Gasteiger partial charge in [0.05, 0.1) is 18.3 Å². The number of nitrogens with zero attached hydrogens (tertiary/aromatic N) is 2. The monoisotopic (exact) mass is 392 g/mol. The van der Waals surface area contributed by atoms with Crippen molar-refractivity contribution in [2.45, 2.75) is 25.3 Å². The predicted octanol–water partition coefficient (Wildman–Crippen LogP) is 4.38. The van der Waals surface area contributed by atoms with Gasteiger partial charge in [0.2, 0.25) is 0 Å². The third-order valence-electron chi connectivity index (χ3n) is 5.12. The van der Waals surface area contributed by atoms with Crippen molar-refractivity contribution in [2.75, 3.05) is 39.6 Å². The van der Waals surface area contributed by atoms with Crippen LogP contribution in [-0.2, 0) is 0 Å². The molecule has 3 aromatic rings. The highest BCUT2D eigenvalue weighted by atomic mass is 16.5. The maximum atomic E-state index is 6.24. The molecule has 0 saturated heterocycles. The number of hydrogen-bond acceptors (Lipinski definition) is 5. The third-order valence-corrected chi connectivity index (χ3v) is 5.12. The summed E-state index contributed by atoms with van der Waals surface area (Å²) >= 11 is 0. The van der Waals surface area contributed by atoms with Gasteiger partial charge in [-0.1, -0.05) is 18.2 Å². The molecule has 0 aliphatic carbocycles. The van der Waals surface area contributed by atoms with Crippen LogP contribution in [0, 0.1) is 0 Å². The Balaban J connectivity index is 1.71. The van der Waals surface area contributed by atoms with E-state index in [-0.39, 0.29) is 6.04 Å². The summed E-state index contributed by atoms with van der Waals surface area (Å²) < 4.78 is 5.27. The Morgan fingerprint density at radius 1 is 1.07 bits per heavy atom. The van der Waals surface area contributed by atoms with Gasteiger partial charge in [0.1, 0.15) is 5.75 Å². The number of nitrogens with two attached hydrogens (primary N) is 1. The molecule has 1 heterocycles. The fraction of sp³-hybridized carbons (Fsp3) is 0.375. The molecule has 0 aliphatic rings. The average molecular weight is 393 g/mol. The van der Waals surface area contributed by atoms with E-state index >= 15 is 0 Å². The number of rotatable bonds is 10. The second-order valence-corrected chi connectivity index (χ2v) is 7.72. The number of aromatic nitrogens is 1. The largest absolute Gasteiger partial charge is 0.497 e. The molecular formula is C24H32N4O. The predicted molar refractivity (Wildman–Crippen MR) is 123 cm³/mol. The first kappa shape index (κ1) is 21.1. The van der Waals surface area contributed by atoms with E-state index in [9.17, 15) is 0 Å². The molecular weight excluding hydrogens is 360 g/mol. The highest BCUT2D eigenvalue weighted by molar-refractivity contribution is 5.93. The summed E-state index contributed by atoms with van der Waals surface area (Å²) in [5, 5.41) is 4.75. The fourth-order valence-corrected chi connectivity index (χ4v) is 3.39. The minimum absolute atomic E-state index is 0.253. The molecule has 5 heteroatoms. The molecule has 0 aliphatic heterocycles. The summed E-state index contributed by atoms with van der Waals surface area (Å²) in [6.07, 6.45) is 3.10. The second kappa shape index (κ2) is 10.2. The molecule has 0 saturated carbocycles. The Morgan fingerprint density at radius 2 is 1.83 bits per heavy atom. The van der Waals surface area contributed by atoms with Gasteiger partial charge in [-0.15, -0.1) is 0 Å². The first-order valence-electron chi connectivity index (χ1n) is 10.2. The highest BCUT2D eigenvalue weighted by Gasteiger charge is 2.08. The van der Waals surface area contributed by atoms with Crippen molar-refractivity contribution in [1.82, 2.24) is 9.88 Å². The molecule has 0 bridgehead atoms. The first-order chi connectivity index (χ1) is 14.1. The second-order valence-electron chi connectivity index (χ2n) is 7.72. The van der Waals surface area contributed by atoms with Crippen LogP contribution in [0.1, 0.15) is 19.3 Å². The molecule has 3 rings (SSSR count). The lowest BCUT2D eigenvalue weighted by molar-refractivity contribution is 0.373. The third kappa shape index (κ3) is 5.92. The topological polar surface area (TPSA) is 63.4 Å². The van der Waals surface area contributed by atoms with Crippen molar-refractivity contribution in [3.8, 4) is 17.0 Å². The summed E-state index contributed by atoms with van der Waals surface area (Å²) in [5.41, 5.74) is 10.4. The Kier molecular flexibility index (Phi) is 7.44. The Bertz CT molecular complexity index is 908. The zero-order valence-corrected chi connectivity index (χ0v) is 17.7. The molecule has 0 radical (unpaired) electrons. The number of methoxy groups -OCH3 is 1. The normalized spacial score (nSPS) is 12.3. The van der Waals surface area contributed by atoms with E-state index in [0.717, 1.165) is 65.9 Å². The van der Waals surface area contributed by atoms with Crippen molar-refractivity contribution in [1.29, 1.82) is 0 Å². The summed E-state index contributed by atoms with van der Waals surface area (Å²) in [6.45, 7) is 1.93. The van der Waals surface area contributed by atoms with Crippen LogP contribution in [0.5, 0.6) is 5.75 Å². The lowest BCUT2D eigenvalue weighted by Gasteiger charge is -2.16. The van der Waals surface area contributed by atoms with Crippen molar-refractivity contribution in [2.24, 2.45) is 5.73 Å². The molecule has 1 atom stereocenters. The van der Waals surface area contributed by atoms with Gasteiger partial charge < -0.3 is 20.7 Å². The molecule has 2 aromatic carbocycles. The van der Waals surface area contributed by atoms with Crippen LogP contribution in [-0.4, -0.2) is 50.2 Å². The molecule has 29 heavy (non-hydrogen) atoms. The summed E-state index contributed by atoms with van der Waals surface area (Å²) in [6, 6.07) is 18.7. The van der Waals surface area contributed by atoms with E-state index < -0.39 is 0 Å². The van der Waals surface area contributed by atoms with Gasteiger partial charge >= 0.3 is 0 Å². The molecule has 0 fully saturated rings. The number of para-hydroxylation sites is 1. The number of pyridine rings is 1. The minimum Gasteiger partial charge on any atom is -0.497 e. The van der Waals surface area contributed by atoms with Gasteiger partial charge in [0.25, 0.3) is 0 Å². The Labute approximate surface area is 173 Å². The maximum Gasteiger partial charge on any atom is 0.118 e. The van der Waals surface area contributed by atoms with Gasteiger partial charge in [-0.25, -0.2) is 4.98 Å². The number of hydrogen-bond donors (Lipinski definition) is 2. The van der Waals surface area contributed by atoms with Crippen LogP contribution in [0.15, 0.2) is 54.6 Å². The van der Waals surface area contributed by atoms with Crippen molar-refractivity contribution in [3.05, 3.63) is 54.6 Å². The van der Waals surface area contributed by atoms with E-state index in [1.54, 1.807) is 7.11 Å². The summed E-state index contributed by atoms with van der Waals surface area (Å²) in [7, 11) is 5.85. The number of benzene rings is 2. The van der Waals surface area contributed by atoms with E-state index in [2.05, 4.69) is 48.6 Å². The molecule has 5 nitrogen and oxygen atoms in total. The number of ether oxygens (including phenoxy) is 1. The Morgan fingerprint density at radius 3 is 2.55 bits per heavy atom. The highest BCUT2D eigenvalue weighted by Crippen LogP contribution is 2.29. The van der Waals surface area contributed by atoms with Crippen molar-refractivity contribution < 1.29 is 4.74 Å². The van der Waals surface area contributed by atoms with Gasteiger partial charge in [-0.05, 0) is 76.3 Å². The smallest absolute Gasteiger partial charge is 0.118 e. The van der Waals surface area contributed by atoms with E-state index in [0.29, 0.717) is 0 Å². The Hall–Kier alpha value is -2.63. The summed E-state index contributed by atoms with van der Waals surface area (Å²) in [4.78, 5) is 7.04. The van der Waals surface area contributed by atoms with Crippen LogP contribution >= 0.6 is 0 Å². The summed E-state index contributed by atoms with van der Waals surface area (Å²) in [5.74, 6) is 0.846. The van der Waals surface area contributed by atoms with Crippen LogP contribution < -0.4 is 15.8 Å². The fourth-order valence-electron chi connectivity index (χ4n) is 3.39. The lowest BCUT2D eigenvalue weighted by atomic mass is 10.1. The van der Waals surface area contributed by atoms with Gasteiger partial charge in [-0.2, -0.15) is 0 Å². The SMILES string of the molecule is COc1ccc(-c2cc(NCCCC(N)CCN(C)C)c3ccccc3n2)cc1. The van der Waals surface area contributed by atoms with E-state index in [4.69, 9.17) is 15.5 Å². The minimum atomic E-state index is 0.253. The molecule has 0 amide bonds. The lowest BCUT2D eigenvalue weighted by Crippen LogP contribution is -2.26. The van der Waals surface area contributed by atoms with E-state index in [1.807, 2.05) is 30.3 Å². The van der Waals surface area contributed by atoms with Gasteiger partial charge in [0, 0.05) is 29.2 Å².